The molecule has 84 valence electrons. The summed E-state index contributed by atoms with van der Waals surface area (Å²) in [6.45, 7) is 4.10. The maximum atomic E-state index is 11.3. The Morgan fingerprint density at radius 1 is 1.25 bits per heavy atom. The van der Waals surface area contributed by atoms with E-state index in [0.29, 0.717) is 0 Å². The average Bonchev–Trinajstić information content (AvgIpc) is 2.92. The van der Waals surface area contributed by atoms with Crippen LogP contribution in [-0.2, 0) is 4.79 Å². The van der Waals surface area contributed by atoms with Crippen molar-refractivity contribution < 1.29 is 4.79 Å². The predicted molar refractivity (Wildman–Crippen MR) is 66.5 cm³/mol. The number of hydrogen-bond acceptors (Lipinski definition) is 1. The molecule has 1 saturated carbocycles. The van der Waals surface area contributed by atoms with Crippen molar-refractivity contribution in [3.63, 3.8) is 0 Å². The first kappa shape index (κ1) is 11.4. The molecule has 2 heteroatoms. The van der Waals surface area contributed by atoms with Gasteiger partial charge in [0.1, 0.15) is 0 Å². The van der Waals surface area contributed by atoms with Crippen LogP contribution in [0.15, 0.2) is 42.0 Å². The van der Waals surface area contributed by atoms with Crippen molar-refractivity contribution in [2.45, 2.75) is 19.8 Å². The zero-order chi connectivity index (χ0) is 11.7. The highest BCUT2D eigenvalue weighted by Crippen LogP contribution is 2.56. The van der Waals surface area contributed by atoms with Gasteiger partial charge in [-0.15, -0.1) is 0 Å². The highest BCUT2D eigenvalue weighted by atomic mass is 35.5. The SMILES string of the molecule is CC(C)=CC1C(C(=O)Cl)C1c1ccccc1. The van der Waals surface area contributed by atoms with Gasteiger partial charge in [0.15, 0.2) is 0 Å². The Kier molecular flexibility index (Phi) is 3.15. The minimum Gasteiger partial charge on any atom is -0.281 e. The molecule has 0 heterocycles. The molecule has 0 aromatic heterocycles. The van der Waals surface area contributed by atoms with Crippen molar-refractivity contribution in [3.05, 3.63) is 47.5 Å². The first-order valence-corrected chi connectivity index (χ1v) is 5.88. The van der Waals surface area contributed by atoms with Crippen LogP contribution in [0.2, 0.25) is 0 Å². The topological polar surface area (TPSA) is 17.1 Å². The molecule has 0 amide bonds. The van der Waals surface area contributed by atoms with E-state index in [1.165, 1.54) is 11.1 Å². The first-order valence-electron chi connectivity index (χ1n) is 5.50. The lowest BCUT2D eigenvalue weighted by Crippen LogP contribution is -1.92. The lowest BCUT2D eigenvalue weighted by Gasteiger charge is -1.96. The molecule has 0 spiro atoms. The lowest BCUT2D eigenvalue weighted by molar-refractivity contribution is -0.113. The Morgan fingerprint density at radius 2 is 1.88 bits per heavy atom. The number of carbonyl (C=O) groups is 1. The summed E-state index contributed by atoms with van der Waals surface area (Å²) in [5.41, 5.74) is 2.45. The molecule has 1 aliphatic rings. The Bertz CT molecular complexity index is 418. The Labute approximate surface area is 101 Å². The number of allylic oxidation sites excluding steroid dienone is 2. The molecule has 3 unspecified atom stereocenters. The quantitative estimate of drug-likeness (QED) is 0.575. The van der Waals surface area contributed by atoms with Gasteiger partial charge in [-0.3, -0.25) is 4.79 Å². The van der Waals surface area contributed by atoms with Crippen molar-refractivity contribution in [3.8, 4) is 0 Å². The zero-order valence-corrected chi connectivity index (χ0v) is 10.2. The van der Waals surface area contributed by atoms with E-state index in [0.717, 1.165) is 0 Å². The minimum absolute atomic E-state index is 0.0287. The fraction of sp³-hybridized carbons (Fsp3) is 0.357. The summed E-state index contributed by atoms with van der Waals surface area (Å²) < 4.78 is 0. The van der Waals surface area contributed by atoms with Gasteiger partial charge in [0.2, 0.25) is 5.24 Å². The molecular formula is C14H15ClO. The summed E-state index contributed by atoms with van der Waals surface area (Å²) in [6.07, 6.45) is 2.16. The lowest BCUT2D eigenvalue weighted by atomic mass is 10.1. The van der Waals surface area contributed by atoms with Crippen LogP contribution in [0.5, 0.6) is 0 Å². The summed E-state index contributed by atoms with van der Waals surface area (Å²) in [5, 5.41) is -0.212. The van der Waals surface area contributed by atoms with Crippen LogP contribution in [-0.4, -0.2) is 5.24 Å². The zero-order valence-electron chi connectivity index (χ0n) is 9.48. The molecule has 1 fully saturated rings. The van der Waals surface area contributed by atoms with E-state index in [1.54, 1.807) is 0 Å². The smallest absolute Gasteiger partial charge is 0.225 e. The highest BCUT2D eigenvalue weighted by molar-refractivity contribution is 6.64. The van der Waals surface area contributed by atoms with Crippen LogP contribution in [0.25, 0.3) is 0 Å². The number of halogens is 1. The predicted octanol–water partition coefficient (Wildman–Crippen LogP) is 3.75. The van der Waals surface area contributed by atoms with Crippen molar-refractivity contribution in [1.82, 2.24) is 0 Å². The Balaban J connectivity index is 2.23. The van der Waals surface area contributed by atoms with Gasteiger partial charge in [-0.25, -0.2) is 0 Å². The second kappa shape index (κ2) is 4.42. The van der Waals surface area contributed by atoms with E-state index >= 15 is 0 Å². The maximum absolute atomic E-state index is 11.3. The third-order valence-electron chi connectivity index (χ3n) is 3.05. The van der Waals surface area contributed by atoms with Gasteiger partial charge in [0.05, 0.1) is 0 Å². The summed E-state index contributed by atoms with van der Waals surface area (Å²) in [7, 11) is 0. The molecule has 0 aliphatic heterocycles. The molecule has 0 radical (unpaired) electrons. The van der Waals surface area contributed by atoms with E-state index in [9.17, 15) is 4.79 Å². The molecule has 1 aromatic rings. The van der Waals surface area contributed by atoms with Crippen molar-refractivity contribution in [2.24, 2.45) is 11.8 Å². The molecule has 2 rings (SSSR count). The van der Waals surface area contributed by atoms with Crippen molar-refractivity contribution in [2.75, 3.05) is 0 Å². The van der Waals surface area contributed by atoms with E-state index in [4.69, 9.17) is 11.6 Å². The van der Waals surface area contributed by atoms with Crippen LogP contribution < -0.4 is 0 Å². The van der Waals surface area contributed by atoms with E-state index in [1.807, 2.05) is 18.2 Å². The minimum atomic E-state index is -0.212. The molecular weight excluding hydrogens is 220 g/mol. The van der Waals surface area contributed by atoms with Gasteiger partial charge in [-0.1, -0.05) is 42.0 Å². The first-order chi connectivity index (χ1) is 7.61. The van der Waals surface area contributed by atoms with Crippen LogP contribution in [0.4, 0.5) is 0 Å². The van der Waals surface area contributed by atoms with Crippen LogP contribution >= 0.6 is 11.6 Å². The Hall–Kier alpha value is -1.08. The van der Waals surface area contributed by atoms with Crippen LogP contribution in [0.3, 0.4) is 0 Å². The van der Waals surface area contributed by atoms with E-state index in [-0.39, 0.29) is 23.0 Å². The molecule has 1 nitrogen and oxygen atoms in total. The summed E-state index contributed by atoms with van der Waals surface area (Å²) >= 11 is 5.63. The largest absolute Gasteiger partial charge is 0.281 e. The number of benzene rings is 1. The number of rotatable bonds is 3. The second-order valence-electron chi connectivity index (χ2n) is 4.59. The maximum Gasteiger partial charge on any atom is 0.225 e. The molecule has 0 bridgehead atoms. The van der Waals surface area contributed by atoms with Crippen LogP contribution in [0, 0.1) is 11.8 Å². The highest BCUT2D eigenvalue weighted by Gasteiger charge is 2.53. The van der Waals surface area contributed by atoms with Crippen LogP contribution in [0.1, 0.15) is 25.3 Å². The average molecular weight is 235 g/mol. The summed E-state index contributed by atoms with van der Waals surface area (Å²) in [4.78, 5) is 11.3. The van der Waals surface area contributed by atoms with Crippen molar-refractivity contribution in [1.29, 1.82) is 0 Å². The molecule has 16 heavy (non-hydrogen) atoms. The third kappa shape index (κ3) is 2.19. The third-order valence-corrected chi connectivity index (χ3v) is 3.30. The summed E-state index contributed by atoms with van der Waals surface area (Å²) in [5.74, 6) is 0.539. The van der Waals surface area contributed by atoms with Gasteiger partial charge in [-0.05, 0) is 36.9 Å². The van der Waals surface area contributed by atoms with E-state index in [2.05, 4.69) is 32.1 Å². The van der Waals surface area contributed by atoms with Gasteiger partial charge in [-0.2, -0.15) is 0 Å². The Morgan fingerprint density at radius 3 is 2.38 bits per heavy atom. The normalized spacial score (nSPS) is 27.3. The fourth-order valence-electron chi connectivity index (χ4n) is 2.32. The number of carbonyl (C=O) groups excluding carboxylic acids is 1. The van der Waals surface area contributed by atoms with E-state index < -0.39 is 0 Å². The van der Waals surface area contributed by atoms with Crippen molar-refractivity contribution >= 4 is 16.8 Å². The molecule has 0 N–H and O–H groups in total. The summed E-state index contributed by atoms with van der Waals surface area (Å²) in [6, 6.07) is 10.1. The van der Waals surface area contributed by atoms with Gasteiger partial charge < -0.3 is 0 Å². The van der Waals surface area contributed by atoms with Gasteiger partial charge in [0, 0.05) is 11.8 Å². The standard InChI is InChI=1S/C14H15ClO/c1-9(2)8-11-12(13(11)14(15)16)10-6-4-3-5-7-10/h3-8,11-13H,1-2H3. The van der Waals surface area contributed by atoms with Gasteiger partial charge in [0.25, 0.3) is 0 Å². The molecule has 0 saturated heterocycles. The molecule has 1 aromatic carbocycles. The van der Waals surface area contributed by atoms with Gasteiger partial charge >= 0.3 is 0 Å². The fourth-order valence-corrected chi connectivity index (χ4v) is 2.61. The number of hydrogen-bond donors (Lipinski definition) is 0. The monoisotopic (exact) mass is 234 g/mol. The molecule has 1 aliphatic carbocycles. The second-order valence-corrected chi connectivity index (χ2v) is 4.96. The molecule has 3 atom stereocenters.